The maximum atomic E-state index is 12.6. The molecule has 0 bridgehead atoms. The molecule has 2 saturated carbocycles. The van der Waals surface area contributed by atoms with E-state index in [1.807, 2.05) is 6.92 Å². The van der Waals surface area contributed by atoms with Gasteiger partial charge in [0.15, 0.2) is 0 Å². The lowest BCUT2D eigenvalue weighted by atomic mass is 9.71. The van der Waals surface area contributed by atoms with E-state index in [-0.39, 0.29) is 11.6 Å². The van der Waals surface area contributed by atoms with Crippen molar-refractivity contribution in [2.24, 2.45) is 17.3 Å². The molecule has 0 unspecified atom stereocenters. The van der Waals surface area contributed by atoms with Gasteiger partial charge in [-0.1, -0.05) is 26.6 Å². The monoisotopic (exact) mass is 266 g/mol. The first-order valence-electron chi connectivity index (χ1n) is 7.24. The molecule has 0 aliphatic heterocycles. The van der Waals surface area contributed by atoms with Gasteiger partial charge in [-0.25, -0.2) is 0 Å². The Labute approximate surface area is 112 Å². The molecule has 0 N–H and O–H groups in total. The Bertz CT molecular complexity index is 382. The summed E-state index contributed by atoms with van der Waals surface area (Å²) in [4.78, 5) is 24.8. The lowest BCUT2D eigenvalue weighted by molar-refractivity contribution is -0.139. The maximum Gasteiger partial charge on any atom is 0.146 e. The molecule has 2 aliphatic rings. The van der Waals surface area contributed by atoms with Crippen LogP contribution in [0.25, 0.3) is 0 Å². The van der Waals surface area contributed by atoms with E-state index in [2.05, 4.69) is 26.6 Å². The SMILES string of the molecule is C[C@H]1C[C@H]([Si](C)(C)C)CC(=O)[C@@]2(C)C(=O)CC[C@H]12. The van der Waals surface area contributed by atoms with E-state index in [0.29, 0.717) is 30.2 Å². The summed E-state index contributed by atoms with van der Waals surface area (Å²) >= 11 is 0. The van der Waals surface area contributed by atoms with Crippen LogP contribution in [0.5, 0.6) is 0 Å². The standard InChI is InChI=1S/C15H26O2Si/c1-10-8-11(18(3,4)5)9-14(17)15(2)12(10)6-7-13(15)16/h10-12H,6-9H2,1-5H3/t10-,11-,12+,15+/m0/s1. The molecule has 0 spiro atoms. The van der Waals surface area contributed by atoms with Gasteiger partial charge in [-0.15, -0.1) is 0 Å². The molecular weight excluding hydrogens is 240 g/mol. The van der Waals surface area contributed by atoms with Gasteiger partial charge in [-0.2, -0.15) is 0 Å². The van der Waals surface area contributed by atoms with Crippen molar-refractivity contribution in [3.8, 4) is 0 Å². The van der Waals surface area contributed by atoms with Gasteiger partial charge >= 0.3 is 0 Å². The molecule has 3 heteroatoms. The molecule has 0 aromatic carbocycles. The van der Waals surface area contributed by atoms with Gasteiger partial charge in [0.25, 0.3) is 0 Å². The average Bonchev–Trinajstić information content (AvgIpc) is 2.49. The Kier molecular flexibility index (Phi) is 3.33. The highest BCUT2D eigenvalue weighted by atomic mass is 28.3. The molecule has 0 aromatic rings. The Balaban J connectivity index is 2.36. The zero-order valence-corrected chi connectivity index (χ0v) is 13.4. The van der Waals surface area contributed by atoms with Crippen molar-refractivity contribution in [1.29, 1.82) is 0 Å². The summed E-state index contributed by atoms with van der Waals surface area (Å²) in [5.41, 5.74) is -0.0939. The van der Waals surface area contributed by atoms with Crippen molar-refractivity contribution in [2.75, 3.05) is 0 Å². The summed E-state index contributed by atoms with van der Waals surface area (Å²) in [6, 6.07) is 0. The van der Waals surface area contributed by atoms with E-state index >= 15 is 0 Å². The van der Waals surface area contributed by atoms with Crippen LogP contribution in [0.15, 0.2) is 0 Å². The molecule has 4 atom stereocenters. The quantitative estimate of drug-likeness (QED) is 0.536. The first-order valence-corrected chi connectivity index (χ1v) is 10.8. The largest absolute Gasteiger partial charge is 0.299 e. The highest BCUT2D eigenvalue weighted by Gasteiger charge is 2.55. The number of carbonyl (C=O) groups is 2. The number of Topliss-reactive ketones (excluding diaryl/α,β-unsaturated/α-hetero) is 2. The first kappa shape index (κ1) is 14.0. The zero-order valence-electron chi connectivity index (χ0n) is 12.4. The molecule has 0 amide bonds. The second-order valence-corrected chi connectivity index (χ2v) is 13.2. The minimum Gasteiger partial charge on any atom is -0.299 e. The summed E-state index contributed by atoms with van der Waals surface area (Å²) < 4.78 is 0. The molecule has 2 nitrogen and oxygen atoms in total. The number of fused-ring (bicyclic) bond motifs is 1. The van der Waals surface area contributed by atoms with Crippen molar-refractivity contribution in [3.05, 3.63) is 0 Å². The van der Waals surface area contributed by atoms with Crippen molar-refractivity contribution in [1.82, 2.24) is 0 Å². The van der Waals surface area contributed by atoms with Crippen molar-refractivity contribution in [3.63, 3.8) is 0 Å². The predicted octanol–water partition coefficient (Wildman–Crippen LogP) is 3.68. The van der Waals surface area contributed by atoms with E-state index in [0.717, 1.165) is 12.8 Å². The van der Waals surface area contributed by atoms with Gasteiger partial charge in [0.1, 0.15) is 11.6 Å². The second-order valence-electron chi connectivity index (χ2n) is 7.67. The van der Waals surface area contributed by atoms with Crippen LogP contribution >= 0.6 is 0 Å². The summed E-state index contributed by atoms with van der Waals surface area (Å²) in [7, 11) is -1.31. The Hall–Kier alpha value is -0.443. The summed E-state index contributed by atoms with van der Waals surface area (Å²) in [5, 5.41) is 0. The van der Waals surface area contributed by atoms with Crippen LogP contribution in [0, 0.1) is 17.3 Å². The number of hydrogen-bond acceptors (Lipinski definition) is 2. The molecule has 18 heavy (non-hydrogen) atoms. The van der Waals surface area contributed by atoms with E-state index in [9.17, 15) is 9.59 Å². The molecule has 2 rings (SSSR count). The number of rotatable bonds is 1. The second kappa shape index (κ2) is 4.29. The molecule has 0 saturated heterocycles. The van der Waals surface area contributed by atoms with Crippen molar-refractivity contribution in [2.45, 2.75) is 64.7 Å². The van der Waals surface area contributed by atoms with Crippen LogP contribution in [0.2, 0.25) is 25.2 Å². The van der Waals surface area contributed by atoms with Gasteiger partial charge in [-0.05, 0) is 37.1 Å². The molecule has 102 valence electrons. The lowest BCUT2D eigenvalue weighted by Crippen LogP contribution is -2.39. The lowest BCUT2D eigenvalue weighted by Gasteiger charge is -2.30. The molecular formula is C15H26O2Si. The van der Waals surface area contributed by atoms with Crippen molar-refractivity contribution < 1.29 is 9.59 Å². The topological polar surface area (TPSA) is 34.1 Å². The van der Waals surface area contributed by atoms with Crippen LogP contribution in [-0.2, 0) is 9.59 Å². The molecule has 0 aromatic heterocycles. The smallest absolute Gasteiger partial charge is 0.146 e. The van der Waals surface area contributed by atoms with Gasteiger partial charge in [0, 0.05) is 20.9 Å². The van der Waals surface area contributed by atoms with E-state index in [1.54, 1.807) is 0 Å². The zero-order chi connectivity index (χ0) is 13.7. The Morgan fingerprint density at radius 3 is 2.33 bits per heavy atom. The number of ketones is 2. The molecule has 0 heterocycles. The third-order valence-corrected chi connectivity index (χ3v) is 8.47. The van der Waals surface area contributed by atoms with Crippen LogP contribution in [0.1, 0.15) is 39.5 Å². The fourth-order valence-corrected chi connectivity index (χ4v) is 5.93. The Morgan fingerprint density at radius 1 is 1.17 bits per heavy atom. The normalized spacial score (nSPS) is 41.7. The minimum absolute atomic E-state index is 0.209. The Morgan fingerprint density at radius 2 is 1.78 bits per heavy atom. The van der Waals surface area contributed by atoms with E-state index < -0.39 is 13.5 Å². The van der Waals surface area contributed by atoms with Gasteiger partial charge in [0.05, 0.1) is 5.41 Å². The number of hydrogen-bond donors (Lipinski definition) is 0. The van der Waals surface area contributed by atoms with Crippen LogP contribution in [0.3, 0.4) is 0 Å². The van der Waals surface area contributed by atoms with Crippen LogP contribution in [0.4, 0.5) is 0 Å². The van der Waals surface area contributed by atoms with Gasteiger partial charge < -0.3 is 0 Å². The minimum atomic E-state index is -1.31. The van der Waals surface area contributed by atoms with Gasteiger partial charge in [-0.3, -0.25) is 9.59 Å². The third-order valence-electron chi connectivity index (χ3n) is 5.58. The summed E-state index contributed by atoms with van der Waals surface area (Å²) in [5.74, 6) is 1.27. The average molecular weight is 266 g/mol. The molecule has 0 radical (unpaired) electrons. The highest BCUT2D eigenvalue weighted by molar-refractivity contribution is 6.77. The van der Waals surface area contributed by atoms with Crippen molar-refractivity contribution >= 4 is 19.6 Å². The molecule has 2 aliphatic carbocycles. The van der Waals surface area contributed by atoms with Gasteiger partial charge in [0.2, 0.25) is 0 Å². The highest BCUT2D eigenvalue weighted by Crippen LogP contribution is 2.52. The van der Waals surface area contributed by atoms with Crippen LogP contribution in [-0.4, -0.2) is 19.6 Å². The summed E-state index contributed by atoms with van der Waals surface area (Å²) in [6.07, 6.45) is 3.35. The fourth-order valence-electron chi connectivity index (χ4n) is 4.05. The predicted molar refractivity (Wildman–Crippen MR) is 76.3 cm³/mol. The third kappa shape index (κ3) is 2.00. The fraction of sp³-hybridized carbons (Fsp3) is 0.867. The number of carbonyl (C=O) groups excluding carboxylic acids is 2. The van der Waals surface area contributed by atoms with E-state index in [1.165, 1.54) is 0 Å². The van der Waals surface area contributed by atoms with E-state index in [4.69, 9.17) is 0 Å². The molecule has 2 fully saturated rings. The van der Waals surface area contributed by atoms with Crippen LogP contribution < -0.4 is 0 Å². The first-order chi connectivity index (χ1) is 8.17. The maximum absolute atomic E-state index is 12.6. The summed E-state index contributed by atoms with van der Waals surface area (Å²) in [6.45, 7) is 11.2.